The molecular formula is C52H57N11O6. The number of piperidine rings is 2. The highest BCUT2D eigenvalue weighted by Crippen LogP contribution is 2.41. The molecule has 0 bridgehead atoms. The maximum absolute atomic E-state index is 14.0. The molecule has 5 aromatic rings. The second kappa shape index (κ2) is 17.1. The van der Waals surface area contributed by atoms with Crippen molar-refractivity contribution in [2.45, 2.75) is 90.9 Å². The van der Waals surface area contributed by atoms with E-state index in [9.17, 15) is 24.0 Å². The van der Waals surface area contributed by atoms with Gasteiger partial charge in [0, 0.05) is 93.7 Å². The van der Waals surface area contributed by atoms with Gasteiger partial charge in [0.15, 0.2) is 0 Å². The molecule has 6 aliphatic rings. The first-order chi connectivity index (χ1) is 34.4. The van der Waals surface area contributed by atoms with Gasteiger partial charge >= 0.3 is 0 Å². The van der Waals surface area contributed by atoms with Gasteiger partial charge in [0.25, 0.3) is 17.7 Å². The number of hydrogen-bond acceptors (Lipinski definition) is 13. The standard InChI is InChI=1S/C52H57N11O6/c1-30-29-59(34-13-16-58(17-14-34)35-6-8-38-39(24-35)50(67)63(49(38)66)41-9-11-45(64)57-47(41)65)18-19-60(30)36-7-10-44(54-28-36)56-40-22-33(27-55-48(40)69-5)37-12-15-53-46(31(37)2)62-21-20-61-42(51(62)68)23-32-25-52(3,4)26-43(32)61/h6-8,10,12,15,22-24,27-28,30,34,41H,9,11,13-14,16-21,25-26,29H2,1-5H3,(H,54,56)(H,57,64,65)/t30-,41?/m0/s1/i5D3. The van der Waals surface area contributed by atoms with Crippen LogP contribution in [0, 0.1) is 12.3 Å². The predicted octanol–water partition coefficient (Wildman–Crippen LogP) is 5.77. The monoisotopic (exact) mass is 934 g/mol. The second-order valence-electron chi connectivity index (χ2n) is 20.1. The molecule has 9 heterocycles. The molecule has 5 aliphatic heterocycles. The Hall–Kier alpha value is -7.14. The number of hydrogen-bond donors (Lipinski definition) is 2. The van der Waals surface area contributed by atoms with Crippen LogP contribution >= 0.6 is 0 Å². The molecule has 1 unspecified atom stereocenters. The Kier molecular flexibility index (Phi) is 10.1. The first-order valence-electron chi connectivity index (χ1n) is 25.4. The Morgan fingerprint density at radius 3 is 2.39 bits per heavy atom. The summed E-state index contributed by atoms with van der Waals surface area (Å²) in [6.07, 6.45) is 9.01. The summed E-state index contributed by atoms with van der Waals surface area (Å²) in [5.41, 5.74) is 8.33. The Labute approximate surface area is 405 Å². The summed E-state index contributed by atoms with van der Waals surface area (Å²) in [4.78, 5) is 88.8. The number of aromatic nitrogens is 4. The number of methoxy groups -OCH3 is 1. The summed E-state index contributed by atoms with van der Waals surface area (Å²) in [5, 5.41) is 5.51. The normalized spacial score (nSPS) is 22.5. The van der Waals surface area contributed by atoms with Crippen LogP contribution in [0.25, 0.3) is 11.1 Å². The van der Waals surface area contributed by atoms with Crippen LogP contribution in [0.15, 0.2) is 67.1 Å². The molecule has 356 valence electrons. The Balaban J connectivity index is 0.730. The van der Waals surface area contributed by atoms with Crippen LogP contribution in [0.1, 0.15) is 98.6 Å². The van der Waals surface area contributed by atoms with Crippen molar-refractivity contribution in [3.05, 3.63) is 101 Å². The molecule has 17 nitrogen and oxygen atoms in total. The van der Waals surface area contributed by atoms with E-state index in [1.165, 1.54) is 11.3 Å². The van der Waals surface area contributed by atoms with Gasteiger partial charge in [0.05, 0.1) is 34.2 Å². The lowest BCUT2D eigenvalue weighted by atomic mass is 9.90. The quantitative estimate of drug-likeness (QED) is 0.171. The van der Waals surface area contributed by atoms with Gasteiger partial charge in [-0.3, -0.25) is 44.0 Å². The molecular weight excluding hydrogens is 875 g/mol. The number of carbonyl (C=O) groups excluding carboxylic acids is 5. The fourth-order valence-corrected chi connectivity index (χ4v) is 11.6. The number of rotatable bonds is 9. The van der Waals surface area contributed by atoms with Crippen molar-refractivity contribution in [2.24, 2.45) is 5.41 Å². The molecule has 3 fully saturated rings. The zero-order chi connectivity index (χ0) is 50.4. The highest BCUT2D eigenvalue weighted by atomic mass is 16.5. The molecule has 17 heteroatoms. The van der Waals surface area contributed by atoms with Gasteiger partial charge in [-0.25, -0.2) is 15.0 Å². The number of carbonyl (C=O) groups is 5. The lowest BCUT2D eigenvalue weighted by Gasteiger charge is -2.46. The van der Waals surface area contributed by atoms with E-state index in [2.05, 4.69) is 66.7 Å². The maximum Gasteiger partial charge on any atom is 0.276 e. The molecule has 0 spiro atoms. The van der Waals surface area contributed by atoms with E-state index in [4.69, 9.17) is 13.8 Å². The van der Waals surface area contributed by atoms with E-state index < -0.39 is 36.7 Å². The maximum atomic E-state index is 14.0. The van der Waals surface area contributed by atoms with Gasteiger partial charge < -0.3 is 24.4 Å². The van der Waals surface area contributed by atoms with Crippen molar-refractivity contribution >= 4 is 58.2 Å². The second-order valence-corrected chi connectivity index (χ2v) is 20.1. The van der Waals surface area contributed by atoms with Crippen molar-refractivity contribution in [3.8, 4) is 17.0 Å². The number of imide groups is 2. The van der Waals surface area contributed by atoms with E-state index in [1.54, 1.807) is 35.5 Å². The summed E-state index contributed by atoms with van der Waals surface area (Å²) in [6, 6.07) is 14.4. The number of fused-ring (bicyclic) bond motifs is 4. The number of ether oxygens (including phenoxy) is 1. The van der Waals surface area contributed by atoms with E-state index in [1.807, 2.05) is 37.4 Å². The number of nitrogens with zero attached hydrogens (tertiary/aromatic N) is 9. The number of nitrogens with one attached hydrogen (secondary N) is 2. The van der Waals surface area contributed by atoms with Crippen molar-refractivity contribution in [1.29, 1.82) is 0 Å². The summed E-state index contributed by atoms with van der Waals surface area (Å²) in [5.74, 6) is -1.19. The van der Waals surface area contributed by atoms with Crippen molar-refractivity contribution in [2.75, 3.05) is 66.3 Å². The third kappa shape index (κ3) is 7.85. The highest BCUT2D eigenvalue weighted by molar-refractivity contribution is 6.23. The van der Waals surface area contributed by atoms with Gasteiger partial charge in [-0.15, -0.1) is 0 Å². The predicted molar refractivity (Wildman–Crippen MR) is 260 cm³/mol. The van der Waals surface area contributed by atoms with E-state index in [0.29, 0.717) is 47.7 Å². The van der Waals surface area contributed by atoms with Crippen LogP contribution in [0.3, 0.4) is 0 Å². The van der Waals surface area contributed by atoms with Crippen molar-refractivity contribution < 1.29 is 32.8 Å². The minimum Gasteiger partial charge on any atom is -0.480 e. The number of piperazine rings is 1. The minimum atomic E-state index is -2.75. The van der Waals surface area contributed by atoms with Crippen molar-refractivity contribution in [1.82, 2.24) is 34.6 Å². The minimum absolute atomic E-state index is 0.0732. The number of anilines is 5. The van der Waals surface area contributed by atoms with E-state index in [0.717, 1.165) is 85.8 Å². The molecule has 0 saturated carbocycles. The molecule has 2 N–H and O–H groups in total. The lowest BCUT2D eigenvalue weighted by Crippen LogP contribution is -2.57. The summed E-state index contributed by atoms with van der Waals surface area (Å²) < 4.78 is 31.1. The number of pyridine rings is 3. The molecule has 4 aromatic heterocycles. The smallest absolute Gasteiger partial charge is 0.276 e. The lowest BCUT2D eigenvalue weighted by molar-refractivity contribution is -0.136. The van der Waals surface area contributed by atoms with E-state index >= 15 is 0 Å². The first kappa shape index (κ1) is 40.9. The molecule has 11 rings (SSSR count). The van der Waals surface area contributed by atoms with Crippen molar-refractivity contribution in [3.63, 3.8) is 0 Å². The van der Waals surface area contributed by atoms with Gasteiger partial charge in [-0.1, -0.05) is 13.8 Å². The fourth-order valence-electron chi connectivity index (χ4n) is 11.6. The summed E-state index contributed by atoms with van der Waals surface area (Å²) >= 11 is 0. The molecule has 1 aliphatic carbocycles. The average molecular weight is 935 g/mol. The number of amides is 5. The average Bonchev–Trinajstić information content (AvgIpc) is 3.93. The van der Waals surface area contributed by atoms with Gasteiger partial charge in [-0.2, -0.15) is 0 Å². The third-order valence-corrected chi connectivity index (χ3v) is 15.1. The first-order valence-corrected chi connectivity index (χ1v) is 23.9. The topological polar surface area (TPSA) is 178 Å². The van der Waals surface area contributed by atoms with Gasteiger partial charge in [-0.05, 0) is 117 Å². The SMILES string of the molecule is [2H]C([2H])([2H])Oc1ncc(-c2ccnc(N3CCn4c(cc5c4CC(C)(C)C5)C3=O)c2C)cc1Nc1ccc(N2CCN(C3CCN(c4ccc5c(c4)C(=O)N(C4CCC(=O)NC4=O)C5=O)CC3)C[C@@H]2C)cn1. The largest absolute Gasteiger partial charge is 0.480 e. The van der Waals surface area contributed by atoms with Crippen LogP contribution in [0.4, 0.5) is 28.7 Å². The van der Waals surface area contributed by atoms with Crippen LogP contribution < -0.4 is 30.1 Å². The summed E-state index contributed by atoms with van der Waals surface area (Å²) in [6.45, 7) is 13.9. The number of benzene rings is 1. The Morgan fingerprint density at radius 1 is 0.812 bits per heavy atom. The molecule has 69 heavy (non-hydrogen) atoms. The van der Waals surface area contributed by atoms with Gasteiger partial charge in [0.2, 0.25) is 17.7 Å². The highest BCUT2D eigenvalue weighted by Gasteiger charge is 2.45. The van der Waals surface area contributed by atoms with Crippen LogP contribution in [0.5, 0.6) is 5.88 Å². The van der Waals surface area contributed by atoms with E-state index in [-0.39, 0.29) is 47.2 Å². The molecule has 1 aromatic carbocycles. The third-order valence-electron chi connectivity index (χ3n) is 15.1. The summed E-state index contributed by atoms with van der Waals surface area (Å²) in [7, 11) is -2.75. The van der Waals surface area contributed by atoms with Crippen LogP contribution in [0.2, 0.25) is 0 Å². The van der Waals surface area contributed by atoms with Crippen LogP contribution in [-0.4, -0.2) is 123 Å². The van der Waals surface area contributed by atoms with Gasteiger partial charge in [0.1, 0.15) is 29.1 Å². The molecule has 3 saturated heterocycles. The Bertz CT molecular complexity index is 3060. The zero-order valence-corrected chi connectivity index (χ0v) is 39.2. The Morgan fingerprint density at radius 2 is 1.62 bits per heavy atom. The fraction of sp³-hybridized carbons (Fsp3) is 0.423. The molecule has 2 atom stereocenters. The zero-order valence-electron chi connectivity index (χ0n) is 42.2. The molecule has 5 amide bonds. The molecule has 0 radical (unpaired) electrons. The van der Waals surface area contributed by atoms with Crippen LogP contribution in [-0.2, 0) is 29.0 Å².